The minimum absolute atomic E-state index is 0.205. The SMILES string of the molecule is N#CC(Cc1cccnc1)n1ccc2ccccc21. The van der Waals surface area contributed by atoms with Gasteiger partial charge in [-0.1, -0.05) is 24.3 Å². The Kier molecular flexibility index (Phi) is 2.99. The van der Waals surface area contributed by atoms with Crippen LogP contribution in [0.3, 0.4) is 0 Å². The van der Waals surface area contributed by atoms with Gasteiger partial charge in [-0.15, -0.1) is 0 Å². The van der Waals surface area contributed by atoms with Crippen LogP contribution >= 0.6 is 0 Å². The number of fused-ring (bicyclic) bond motifs is 1. The predicted octanol–water partition coefficient (Wildman–Crippen LogP) is 3.34. The Morgan fingerprint density at radius 3 is 2.84 bits per heavy atom. The maximum atomic E-state index is 9.43. The number of nitrogens with zero attached hydrogens (tertiary/aromatic N) is 3. The normalized spacial score (nSPS) is 12.2. The van der Waals surface area contributed by atoms with Gasteiger partial charge in [-0.3, -0.25) is 4.98 Å². The van der Waals surface area contributed by atoms with Gasteiger partial charge < -0.3 is 4.57 Å². The van der Waals surface area contributed by atoms with Gasteiger partial charge >= 0.3 is 0 Å². The van der Waals surface area contributed by atoms with Crippen molar-refractivity contribution in [2.75, 3.05) is 0 Å². The van der Waals surface area contributed by atoms with Crippen molar-refractivity contribution in [1.82, 2.24) is 9.55 Å². The monoisotopic (exact) mass is 247 g/mol. The molecule has 2 heterocycles. The highest BCUT2D eigenvalue weighted by Gasteiger charge is 2.12. The molecule has 0 fully saturated rings. The Hall–Kier alpha value is -2.60. The van der Waals surface area contributed by atoms with Gasteiger partial charge in [0.25, 0.3) is 0 Å². The van der Waals surface area contributed by atoms with Crippen LogP contribution in [-0.4, -0.2) is 9.55 Å². The number of benzene rings is 1. The summed E-state index contributed by atoms with van der Waals surface area (Å²) in [6.07, 6.45) is 6.21. The minimum Gasteiger partial charge on any atom is -0.331 e. The predicted molar refractivity (Wildman–Crippen MR) is 74.5 cm³/mol. The molecular formula is C16H13N3. The number of pyridine rings is 1. The number of para-hydroxylation sites is 1. The van der Waals surface area contributed by atoms with Crippen LogP contribution < -0.4 is 0 Å². The molecule has 3 rings (SSSR count). The van der Waals surface area contributed by atoms with Gasteiger partial charge in [-0.25, -0.2) is 0 Å². The Morgan fingerprint density at radius 1 is 1.16 bits per heavy atom. The lowest BCUT2D eigenvalue weighted by molar-refractivity contribution is 0.633. The average molecular weight is 247 g/mol. The van der Waals surface area contributed by atoms with Crippen molar-refractivity contribution in [2.45, 2.75) is 12.5 Å². The molecule has 3 aromatic rings. The maximum absolute atomic E-state index is 9.43. The molecule has 2 aromatic heterocycles. The van der Waals surface area contributed by atoms with Crippen LogP contribution in [0, 0.1) is 11.3 Å². The van der Waals surface area contributed by atoms with Crippen molar-refractivity contribution >= 4 is 10.9 Å². The largest absolute Gasteiger partial charge is 0.331 e. The molecule has 0 aliphatic heterocycles. The molecule has 1 unspecified atom stereocenters. The van der Waals surface area contributed by atoms with Crippen molar-refractivity contribution in [3.8, 4) is 6.07 Å². The van der Waals surface area contributed by atoms with E-state index < -0.39 is 0 Å². The van der Waals surface area contributed by atoms with E-state index in [2.05, 4.69) is 17.1 Å². The Labute approximate surface area is 111 Å². The minimum atomic E-state index is -0.205. The summed E-state index contributed by atoms with van der Waals surface area (Å²) in [4.78, 5) is 4.10. The van der Waals surface area contributed by atoms with E-state index in [0.717, 1.165) is 16.5 Å². The lowest BCUT2D eigenvalue weighted by Gasteiger charge is -2.12. The van der Waals surface area contributed by atoms with E-state index in [1.54, 1.807) is 6.20 Å². The van der Waals surface area contributed by atoms with Crippen molar-refractivity contribution in [3.05, 3.63) is 66.6 Å². The van der Waals surface area contributed by atoms with E-state index in [9.17, 15) is 5.26 Å². The van der Waals surface area contributed by atoms with Crippen LogP contribution in [0.25, 0.3) is 10.9 Å². The Balaban J connectivity index is 1.97. The van der Waals surface area contributed by atoms with Gasteiger partial charge in [0.05, 0.1) is 6.07 Å². The van der Waals surface area contributed by atoms with Crippen molar-refractivity contribution in [1.29, 1.82) is 5.26 Å². The van der Waals surface area contributed by atoms with Crippen LogP contribution in [0.1, 0.15) is 11.6 Å². The van der Waals surface area contributed by atoms with E-state index in [4.69, 9.17) is 0 Å². The topological polar surface area (TPSA) is 41.6 Å². The smallest absolute Gasteiger partial charge is 0.125 e. The first kappa shape index (κ1) is 11.5. The summed E-state index contributed by atoms with van der Waals surface area (Å²) in [5.74, 6) is 0. The average Bonchev–Trinajstić information content (AvgIpc) is 2.90. The summed E-state index contributed by atoms with van der Waals surface area (Å²) >= 11 is 0. The van der Waals surface area contributed by atoms with Gasteiger partial charge in [-0.05, 0) is 29.1 Å². The zero-order valence-corrected chi connectivity index (χ0v) is 10.4. The van der Waals surface area contributed by atoms with Gasteiger partial charge in [0.15, 0.2) is 0 Å². The van der Waals surface area contributed by atoms with Gasteiger partial charge in [0, 0.05) is 30.5 Å². The van der Waals surface area contributed by atoms with E-state index in [-0.39, 0.29) is 6.04 Å². The molecule has 0 amide bonds. The molecule has 3 nitrogen and oxygen atoms in total. The summed E-state index contributed by atoms with van der Waals surface area (Å²) in [7, 11) is 0. The molecule has 1 atom stereocenters. The maximum Gasteiger partial charge on any atom is 0.125 e. The molecule has 0 saturated heterocycles. The molecule has 0 saturated carbocycles. The second-order valence-electron chi connectivity index (χ2n) is 4.49. The highest BCUT2D eigenvalue weighted by atomic mass is 15.0. The quantitative estimate of drug-likeness (QED) is 0.712. The number of hydrogen-bond donors (Lipinski definition) is 0. The number of aromatic nitrogens is 2. The van der Waals surface area contributed by atoms with Crippen LogP contribution in [0.5, 0.6) is 0 Å². The standard InChI is InChI=1S/C16H13N3/c17-11-15(10-13-4-3-8-18-12-13)19-9-7-14-5-1-2-6-16(14)19/h1-9,12,15H,10H2. The third kappa shape index (κ3) is 2.21. The molecule has 0 aliphatic rings. The first-order chi connectivity index (χ1) is 9.38. The van der Waals surface area contributed by atoms with E-state index in [1.807, 2.05) is 53.4 Å². The summed E-state index contributed by atoms with van der Waals surface area (Å²) in [6.45, 7) is 0. The second-order valence-corrected chi connectivity index (χ2v) is 4.49. The first-order valence-corrected chi connectivity index (χ1v) is 6.22. The Bertz CT molecular complexity index is 722. The molecule has 0 spiro atoms. The molecule has 0 bridgehead atoms. The molecule has 0 N–H and O–H groups in total. The van der Waals surface area contributed by atoms with Crippen LogP contribution in [0.4, 0.5) is 0 Å². The number of nitriles is 1. The lowest BCUT2D eigenvalue weighted by Crippen LogP contribution is -2.08. The van der Waals surface area contributed by atoms with Gasteiger partial charge in [-0.2, -0.15) is 5.26 Å². The highest BCUT2D eigenvalue weighted by Crippen LogP contribution is 2.22. The fourth-order valence-electron chi connectivity index (χ4n) is 2.32. The molecule has 19 heavy (non-hydrogen) atoms. The van der Waals surface area contributed by atoms with Crippen LogP contribution in [0.15, 0.2) is 61.1 Å². The third-order valence-electron chi connectivity index (χ3n) is 3.27. The summed E-state index contributed by atoms with van der Waals surface area (Å²) in [5.41, 5.74) is 2.17. The second kappa shape index (κ2) is 4.95. The van der Waals surface area contributed by atoms with E-state index in [0.29, 0.717) is 6.42 Å². The van der Waals surface area contributed by atoms with Crippen LogP contribution in [-0.2, 0) is 6.42 Å². The Morgan fingerprint density at radius 2 is 2.05 bits per heavy atom. The zero-order chi connectivity index (χ0) is 13.1. The molecule has 3 heteroatoms. The molecule has 92 valence electrons. The van der Waals surface area contributed by atoms with E-state index >= 15 is 0 Å². The first-order valence-electron chi connectivity index (χ1n) is 6.22. The summed E-state index contributed by atoms with van der Waals surface area (Å²) in [6, 6.07) is 16.2. The zero-order valence-electron chi connectivity index (χ0n) is 10.4. The third-order valence-corrected chi connectivity index (χ3v) is 3.27. The van der Waals surface area contributed by atoms with Crippen molar-refractivity contribution in [2.24, 2.45) is 0 Å². The summed E-state index contributed by atoms with van der Waals surface area (Å²) in [5, 5.41) is 10.6. The van der Waals surface area contributed by atoms with Gasteiger partial charge in [0.2, 0.25) is 0 Å². The van der Waals surface area contributed by atoms with Gasteiger partial charge in [0.1, 0.15) is 6.04 Å². The van der Waals surface area contributed by atoms with E-state index in [1.165, 1.54) is 0 Å². The highest BCUT2D eigenvalue weighted by molar-refractivity contribution is 5.80. The fourth-order valence-corrected chi connectivity index (χ4v) is 2.32. The van der Waals surface area contributed by atoms with Crippen LogP contribution in [0.2, 0.25) is 0 Å². The van der Waals surface area contributed by atoms with Crippen molar-refractivity contribution < 1.29 is 0 Å². The molecular weight excluding hydrogens is 234 g/mol. The lowest BCUT2D eigenvalue weighted by atomic mass is 10.1. The van der Waals surface area contributed by atoms with Crippen molar-refractivity contribution in [3.63, 3.8) is 0 Å². The number of rotatable bonds is 3. The number of hydrogen-bond acceptors (Lipinski definition) is 2. The molecule has 0 aliphatic carbocycles. The molecule has 0 radical (unpaired) electrons. The molecule has 1 aromatic carbocycles. The fraction of sp³-hybridized carbons (Fsp3) is 0.125. The summed E-state index contributed by atoms with van der Waals surface area (Å²) < 4.78 is 2.03.